The highest BCUT2D eigenvalue weighted by molar-refractivity contribution is 7.32. The van der Waals surface area contributed by atoms with Crippen molar-refractivity contribution in [3.05, 3.63) is 153 Å². The Kier molecular flexibility index (Phi) is 7.81. The highest BCUT2D eigenvalue weighted by Gasteiger charge is 2.56. The summed E-state index contributed by atoms with van der Waals surface area (Å²) in [6, 6.07) is 38.6. The fourth-order valence-electron chi connectivity index (χ4n) is 13.1. The maximum Gasteiger partial charge on any atom is 0.259 e. The zero-order valence-electron chi connectivity index (χ0n) is 38.8. The van der Waals surface area contributed by atoms with Crippen LogP contribution in [0.1, 0.15) is 142 Å². The van der Waals surface area contributed by atoms with E-state index in [0.717, 1.165) is 12.8 Å². The maximum atomic E-state index is 2.84. The third kappa shape index (κ3) is 5.11. The lowest BCUT2D eigenvalue weighted by atomic mass is 9.33. The summed E-state index contributed by atoms with van der Waals surface area (Å²) in [5, 5.41) is 1.38. The van der Waals surface area contributed by atoms with Crippen LogP contribution in [0, 0.1) is 0 Å². The van der Waals surface area contributed by atoms with E-state index in [1.807, 2.05) is 11.3 Å². The van der Waals surface area contributed by atoms with E-state index in [-0.39, 0.29) is 39.8 Å². The van der Waals surface area contributed by atoms with E-state index >= 15 is 0 Å². The predicted molar refractivity (Wildman–Crippen MR) is 268 cm³/mol. The fraction of sp³-hybridized carbons (Fsp3) is 0.379. The molecule has 3 aliphatic carbocycles. The van der Waals surface area contributed by atoms with E-state index in [0.29, 0.717) is 0 Å². The predicted octanol–water partition coefficient (Wildman–Crippen LogP) is 14.3. The van der Waals surface area contributed by atoms with Crippen LogP contribution in [-0.4, -0.2) is 12.8 Å². The van der Waals surface area contributed by atoms with Crippen LogP contribution in [0.4, 0.5) is 22.7 Å². The van der Waals surface area contributed by atoms with Gasteiger partial charge in [-0.25, -0.2) is 0 Å². The second-order valence-electron chi connectivity index (χ2n) is 23.2. The number of thiophene rings is 1. The van der Waals surface area contributed by atoms with Gasteiger partial charge in [-0.3, -0.25) is 0 Å². The van der Waals surface area contributed by atoms with Crippen LogP contribution in [0.25, 0.3) is 21.2 Å². The molecule has 4 heterocycles. The van der Waals surface area contributed by atoms with Gasteiger partial charge in [0.2, 0.25) is 0 Å². The van der Waals surface area contributed by atoms with Crippen LogP contribution < -0.4 is 20.0 Å². The van der Waals surface area contributed by atoms with Crippen molar-refractivity contribution in [2.75, 3.05) is 9.80 Å². The summed E-state index contributed by atoms with van der Waals surface area (Å²) in [6.07, 6.45) is 8.39. The number of hydrogen-bond donors (Lipinski definition) is 0. The van der Waals surface area contributed by atoms with Crippen LogP contribution in [0.5, 0.6) is 0 Å². The average molecular weight is 829 g/mol. The Labute approximate surface area is 374 Å². The van der Waals surface area contributed by atoms with Crippen molar-refractivity contribution in [1.82, 2.24) is 0 Å². The second-order valence-corrected chi connectivity index (χ2v) is 24.3. The number of rotatable bonds is 2. The van der Waals surface area contributed by atoms with Gasteiger partial charge in [0, 0.05) is 42.9 Å². The topological polar surface area (TPSA) is 6.48 Å². The molecule has 312 valence electrons. The third-order valence-corrected chi connectivity index (χ3v) is 18.0. The Hall–Kier alpha value is -4.80. The third-order valence-electron chi connectivity index (χ3n) is 16.8. The summed E-state index contributed by atoms with van der Waals surface area (Å²) < 4.78 is 2.87. The van der Waals surface area contributed by atoms with Crippen LogP contribution in [0.2, 0.25) is 0 Å². The molecule has 2 nitrogen and oxygen atoms in total. The first-order valence-corrected chi connectivity index (χ1v) is 24.3. The van der Waals surface area contributed by atoms with Gasteiger partial charge in [-0.15, -0.1) is 11.3 Å². The first-order valence-electron chi connectivity index (χ1n) is 23.5. The van der Waals surface area contributed by atoms with E-state index in [2.05, 4.69) is 189 Å². The van der Waals surface area contributed by atoms with E-state index in [1.165, 1.54) is 90.3 Å². The van der Waals surface area contributed by atoms with Crippen molar-refractivity contribution in [3.8, 4) is 11.1 Å². The lowest BCUT2D eigenvalue weighted by molar-refractivity contribution is 0.327. The molecule has 0 fully saturated rings. The van der Waals surface area contributed by atoms with Crippen LogP contribution in [0.15, 0.2) is 120 Å². The molecule has 3 aliphatic heterocycles. The number of nitrogens with zero attached hydrogens (tertiary/aromatic N) is 2. The standard InChI is InChI=1S/C58H61BN2S/c1-34-29-46-50-47(30-34)61-45-33-41-40(56(7,8)25-26-57(41,9)10)32-42(45)58(11)28-27-55(5,6)39-22-23-43(52(61)49(39)58)59(50)53-51(37-19-15-16-20-48(37)62-53)60(46)44-24-21-36(54(2,3)4)31-38(44)35-17-13-12-14-18-35/h12-24,30-33,46H,25-29H2,1-11H3. The normalized spacial score (nSPS) is 23.3. The highest BCUT2D eigenvalue weighted by Crippen LogP contribution is 2.63. The van der Waals surface area contributed by atoms with Crippen LogP contribution in [0.3, 0.4) is 0 Å². The molecule has 6 aromatic rings. The summed E-state index contributed by atoms with van der Waals surface area (Å²) in [4.78, 5) is 5.66. The van der Waals surface area contributed by atoms with Gasteiger partial charge >= 0.3 is 0 Å². The molecule has 62 heavy (non-hydrogen) atoms. The smallest absolute Gasteiger partial charge is 0.259 e. The summed E-state index contributed by atoms with van der Waals surface area (Å²) in [7, 11) is 0. The summed E-state index contributed by atoms with van der Waals surface area (Å²) in [5.41, 5.74) is 23.7. The van der Waals surface area contributed by atoms with E-state index in [4.69, 9.17) is 0 Å². The van der Waals surface area contributed by atoms with Gasteiger partial charge < -0.3 is 9.80 Å². The van der Waals surface area contributed by atoms with Gasteiger partial charge in [0.05, 0.1) is 17.4 Å². The molecule has 0 saturated carbocycles. The minimum Gasteiger partial charge on any atom is -0.333 e. The molecule has 0 saturated heterocycles. The summed E-state index contributed by atoms with van der Waals surface area (Å²) in [6.45, 7) is 27.3. The molecule has 0 bridgehead atoms. The Morgan fingerprint density at radius 2 is 1.34 bits per heavy atom. The van der Waals surface area contributed by atoms with Crippen LogP contribution in [-0.2, 0) is 27.1 Å². The number of anilines is 4. The second kappa shape index (κ2) is 12.5. The van der Waals surface area contributed by atoms with E-state index in [9.17, 15) is 0 Å². The number of allylic oxidation sites excluding steroid dienone is 1. The number of benzene rings is 5. The molecule has 0 amide bonds. The number of hydrogen-bond acceptors (Lipinski definition) is 3. The molecule has 6 aliphatic rings. The quantitative estimate of drug-likeness (QED) is 0.160. The molecule has 0 radical (unpaired) electrons. The van der Waals surface area contributed by atoms with Gasteiger partial charge in [-0.1, -0.05) is 148 Å². The Morgan fingerprint density at radius 3 is 2.08 bits per heavy atom. The largest absolute Gasteiger partial charge is 0.333 e. The van der Waals surface area contributed by atoms with Gasteiger partial charge in [0.25, 0.3) is 6.71 Å². The van der Waals surface area contributed by atoms with Crippen molar-refractivity contribution >= 4 is 61.1 Å². The van der Waals surface area contributed by atoms with Gasteiger partial charge in [0.15, 0.2) is 0 Å². The summed E-state index contributed by atoms with van der Waals surface area (Å²) >= 11 is 2.04. The average Bonchev–Trinajstić information content (AvgIpc) is 3.62. The highest BCUT2D eigenvalue weighted by atomic mass is 32.1. The fourth-order valence-corrected chi connectivity index (χ4v) is 14.4. The Bertz CT molecular complexity index is 3000. The Morgan fingerprint density at radius 1 is 0.661 bits per heavy atom. The molecule has 4 heteroatoms. The molecule has 12 rings (SSSR count). The van der Waals surface area contributed by atoms with Gasteiger partial charge in [-0.05, 0) is 141 Å². The van der Waals surface area contributed by atoms with Gasteiger partial charge in [0.1, 0.15) is 0 Å². The molecule has 2 atom stereocenters. The Balaban J connectivity index is 1.21. The monoisotopic (exact) mass is 828 g/mol. The minimum atomic E-state index is -0.0807. The maximum absolute atomic E-state index is 2.84. The molecule has 5 aromatic carbocycles. The molecule has 0 N–H and O–H groups in total. The molecule has 1 aromatic heterocycles. The lowest BCUT2D eigenvalue weighted by Gasteiger charge is -2.56. The molecule has 2 unspecified atom stereocenters. The minimum absolute atomic E-state index is 0.0229. The van der Waals surface area contributed by atoms with Crippen molar-refractivity contribution in [3.63, 3.8) is 0 Å². The first kappa shape index (κ1) is 38.8. The molecular weight excluding hydrogens is 768 g/mol. The summed E-state index contributed by atoms with van der Waals surface area (Å²) in [5.74, 6) is 0. The van der Waals surface area contributed by atoms with Crippen LogP contribution >= 0.6 is 11.3 Å². The zero-order chi connectivity index (χ0) is 43.0. The van der Waals surface area contributed by atoms with E-state index < -0.39 is 0 Å². The molecule has 0 spiro atoms. The van der Waals surface area contributed by atoms with Crippen molar-refractivity contribution in [2.45, 2.75) is 141 Å². The first-order chi connectivity index (χ1) is 29.4. The van der Waals surface area contributed by atoms with Crippen molar-refractivity contribution < 1.29 is 0 Å². The zero-order valence-corrected chi connectivity index (χ0v) is 39.6. The van der Waals surface area contributed by atoms with Crippen molar-refractivity contribution in [2.24, 2.45) is 0 Å². The number of fused-ring (bicyclic) bond motifs is 10. The SMILES string of the molecule is CC1=CC2=C3B(c4ccc5c6c4N2c2cc4c(cc2C6(C)CCC5(C)C)C(C)(C)CCC4(C)C)c2sc4ccccc4c2N(c2ccc(C(C)(C)C)cc2-c2ccccc2)C3C1. The van der Waals surface area contributed by atoms with Crippen molar-refractivity contribution in [1.29, 1.82) is 0 Å². The van der Waals surface area contributed by atoms with Gasteiger partial charge in [-0.2, -0.15) is 0 Å². The lowest BCUT2D eigenvalue weighted by Crippen LogP contribution is -2.62. The molecular formula is C58H61BN2S. The van der Waals surface area contributed by atoms with E-state index in [1.54, 1.807) is 33.3 Å².